The maximum atomic E-state index is 6.02. The Labute approximate surface area is 126 Å². The van der Waals surface area contributed by atoms with Crippen molar-refractivity contribution in [2.45, 2.75) is 38.8 Å². The van der Waals surface area contributed by atoms with Gasteiger partial charge in [-0.2, -0.15) is 0 Å². The summed E-state index contributed by atoms with van der Waals surface area (Å²) in [7, 11) is 0. The summed E-state index contributed by atoms with van der Waals surface area (Å²) in [6.07, 6.45) is 3.99. The molecule has 0 amide bonds. The lowest BCUT2D eigenvalue weighted by Gasteiger charge is -2.32. The highest BCUT2D eigenvalue weighted by atomic mass is 15.2. The van der Waals surface area contributed by atoms with E-state index in [4.69, 9.17) is 5.73 Å². The van der Waals surface area contributed by atoms with Crippen LogP contribution in [0.4, 0.5) is 11.5 Å². The number of pyridine rings is 1. The molecule has 2 aromatic rings. The Morgan fingerprint density at radius 1 is 1.24 bits per heavy atom. The van der Waals surface area contributed by atoms with Crippen molar-refractivity contribution in [3.8, 4) is 0 Å². The molecule has 0 unspecified atom stereocenters. The van der Waals surface area contributed by atoms with E-state index in [1.165, 1.54) is 16.5 Å². The van der Waals surface area contributed by atoms with E-state index < -0.39 is 0 Å². The van der Waals surface area contributed by atoms with Gasteiger partial charge in [-0.1, -0.05) is 12.1 Å². The number of benzene rings is 1. The predicted molar refractivity (Wildman–Crippen MR) is 89.9 cm³/mol. The summed E-state index contributed by atoms with van der Waals surface area (Å²) in [6.45, 7) is 6.30. The number of hydrogen-bond acceptors (Lipinski definition) is 4. The summed E-state index contributed by atoms with van der Waals surface area (Å²) in [4.78, 5) is 7.04. The smallest absolute Gasteiger partial charge is 0.138 e. The molecule has 1 aromatic heterocycles. The number of nitrogens with zero attached hydrogens (tertiary/aromatic N) is 2. The van der Waals surface area contributed by atoms with Gasteiger partial charge in [0.2, 0.25) is 0 Å². The molecule has 2 heterocycles. The van der Waals surface area contributed by atoms with E-state index >= 15 is 0 Å². The summed E-state index contributed by atoms with van der Waals surface area (Å²) in [5.74, 6) is 1.09. The number of anilines is 2. The lowest BCUT2D eigenvalue weighted by Crippen LogP contribution is -2.40. The monoisotopic (exact) mass is 284 g/mol. The quantitative estimate of drug-likeness (QED) is 0.910. The fourth-order valence-electron chi connectivity index (χ4n) is 2.99. The predicted octanol–water partition coefficient (Wildman–Crippen LogP) is 2.98. The van der Waals surface area contributed by atoms with Gasteiger partial charge in [-0.15, -0.1) is 0 Å². The first-order valence-corrected chi connectivity index (χ1v) is 7.80. The van der Waals surface area contributed by atoms with Crippen LogP contribution in [-0.4, -0.2) is 30.2 Å². The zero-order chi connectivity index (χ0) is 14.8. The van der Waals surface area contributed by atoms with Gasteiger partial charge in [0.05, 0.1) is 0 Å². The number of nitrogens with one attached hydrogen (secondary N) is 1. The minimum absolute atomic E-state index is 0.337. The van der Waals surface area contributed by atoms with Gasteiger partial charge in [0.1, 0.15) is 5.82 Å². The van der Waals surface area contributed by atoms with Crippen LogP contribution in [0.2, 0.25) is 0 Å². The molecule has 1 aliphatic heterocycles. The SMILES string of the molecule is CC(C)Nc1cccc2ccnc(N3CCC(N)CC3)c12. The van der Waals surface area contributed by atoms with Gasteiger partial charge in [-0.05, 0) is 44.2 Å². The average molecular weight is 284 g/mol. The normalized spacial score (nSPS) is 16.7. The Morgan fingerprint density at radius 3 is 2.71 bits per heavy atom. The van der Waals surface area contributed by atoms with Crippen molar-refractivity contribution >= 4 is 22.3 Å². The van der Waals surface area contributed by atoms with Crippen molar-refractivity contribution in [2.24, 2.45) is 5.73 Å². The van der Waals surface area contributed by atoms with E-state index in [2.05, 4.69) is 53.3 Å². The van der Waals surface area contributed by atoms with Gasteiger partial charge in [-0.3, -0.25) is 0 Å². The van der Waals surface area contributed by atoms with Crippen LogP contribution in [0.15, 0.2) is 30.5 Å². The summed E-state index contributed by atoms with van der Waals surface area (Å²) in [5, 5.41) is 6.01. The van der Waals surface area contributed by atoms with Crippen LogP contribution in [-0.2, 0) is 0 Å². The van der Waals surface area contributed by atoms with Crippen LogP contribution in [0.1, 0.15) is 26.7 Å². The molecule has 1 fully saturated rings. The summed E-state index contributed by atoms with van der Waals surface area (Å²) >= 11 is 0. The first kappa shape index (κ1) is 14.1. The Morgan fingerprint density at radius 2 is 2.00 bits per heavy atom. The molecule has 0 aliphatic carbocycles. The molecule has 0 spiro atoms. The highest BCUT2D eigenvalue weighted by Crippen LogP contribution is 2.32. The van der Waals surface area contributed by atoms with Crippen molar-refractivity contribution in [2.75, 3.05) is 23.3 Å². The Kier molecular flexibility index (Phi) is 3.97. The molecular weight excluding hydrogens is 260 g/mol. The maximum Gasteiger partial charge on any atom is 0.138 e. The standard InChI is InChI=1S/C17H24N4/c1-12(2)20-15-5-3-4-13-6-9-19-17(16(13)15)21-10-7-14(18)8-11-21/h3-6,9,12,14,20H,7-8,10-11,18H2,1-2H3. The molecule has 0 saturated carbocycles. The molecule has 0 bridgehead atoms. The molecule has 1 aromatic carbocycles. The minimum atomic E-state index is 0.337. The minimum Gasteiger partial charge on any atom is -0.382 e. The zero-order valence-electron chi connectivity index (χ0n) is 12.8. The molecule has 3 N–H and O–H groups in total. The molecule has 0 radical (unpaired) electrons. The van der Waals surface area contributed by atoms with Crippen molar-refractivity contribution < 1.29 is 0 Å². The molecule has 4 heteroatoms. The first-order chi connectivity index (χ1) is 10.1. The van der Waals surface area contributed by atoms with Gasteiger partial charge in [0.25, 0.3) is 0 Å². The van der Waals surface area contributed by atoms with Crippen LogP contribution >= 0.6 is 0 Å². The van der Waals surface area contributed by atoms with Gasteiger partial charge < -0.3 is 16.0 Å². The van der Waals surface area contributed by atoms with Gasteiger partial charge >= 0.3 is 0 Å². The third-order valence-corrected chi connectivity index (χ3v) is 4.05. The van der Waals surface area contributed by atoms with Crippen LogP contribution in [0.25, 0.3) is 10.8 Å². The largest absolute Gasteiger partial charge is 0.382 e. The van der Waals surface area contributed by atoms with Crippen molar-refractivity contribution in [3.63, 3.8) is 0 Å². The second-order valence-electron chi connectivity index (χ2n) is 6.16. The number of fused-ring (bicyclic) bond motifs is 1. The van der Waals surface area contributed by atoms with E-state index in [1.807, 2.05) is 6.20 Å². The van der Waals surface area contributed by atoms with Crippen LogP contribution in [0, 0.1) is 0 Å². The number of piperidine rings is 1. The highest BCUT2D eigenvalue weighted by molar-refractivity contribution is 6.02. The molecule has 21 heavy (non-hydrogen) atoms. The van der Waals surface area contributed by atoms with Crippen molar-refractivity contribution in [3.05, 3.63) is 30.5 Å². The average Bonchev–Trinajstić information content (AvgIpc) is 2.47. The number of rotatable bonds is 3. The van der Waals surface area contributed by atoms with Crippen molar-refractivity contribution in [1.29, 1.82) is 0 Å². The van der Waals surface area contributed by atoms with Crippen LogP contribution in [0.3, 0.4) is 0 Å². The molecule has 4 nitrogen and oxygen atoms in total. The van der Waals surface area contributed by atoms with E-state index in [0.29, 0.717) is 12.1 Å². The number of nitrogens with two attached hydrogens (primary N) is 1. The summed E-state index contributed by atoms with van der Waals surface area (Å²) in [6, 6.07) is 9.22. The summed E-state index contributed by atoms with van der Waals surface area (Å²) in [5.41, 5.74) is 7.19. The van der Waals surface area contributed by atoms with E-state index in [-0.39, 0.29) is 0 Å². The van der Waals surface area contributed by atoms with Crippen LogP contribution in [0.5, 0.6) is 0 Å². The Balaban J connectivity index is 2.05. The molecule has 1 saturated heterocycles. The first-order valence-electron chi connectivity index (χ1n) is 7.80. The molecule has 1 aliphatic rings. The number of hydrogen-bond donors (Lipinski definition) is 2. The Bertz CT molecular complexity index is 610. The number of aromatic nitrogens is 1. The second-order valence-corrected chi connectivity index (χ2v) is 6.16. The lowest BCUT2D eigenvalue weighted by molar-refractivity contribution is 0.499. The fourth-order valence-corrected chi connectivity index (χ4v) is 2.99. The van der Waals surface area contributed by atoms with Crippen LogP contribution < -0.4 is 16.0 Å². The topological polar surface area (TPSA) is 54.2 Å². The lowest BCUT2D eigenvalue weighted by atomic mass is 10.0. The third-order valence-electron chi connectivity index (χ3n) is 4.05. The molecular formula is C17H24N4. The van der Waals surface area contributed by atoms with E-state index in [1.54, 1.807) is 0 Å². The van der Waals surface area contributed by atoms with Gasteiger partial charge in [0.15, 0.2) is 0 Å². The van der Waals surface area contributed by atoms with Crippen molar-refractivity contribution in [1.82, 2.24) is 4.98 Å². The highest BCUT2D eigenvalue weighted by Gasteiger charge is 2.20. The van der Waals surface area contributed by atoms with Gasteiger partial charge in [0, 0.05) is 42.4 Å². The molecule has 3 rings (SSSR count). The van der Waals surface area contributed by atoms with E-state index in [9.17, 15) is 0 Å². The maximum absolute atomic E-state index is 6.02. The Hall–Kier alpha value is -1.81. The van der Waals surface area contributed by atoms with Gasteiger partial charge in [-0.25, -0.2) is 4.98 Å². The molecule has 0 atom stereocenters. The summed E-state index contributed by atoms with van der Waals surface area (Å²) < 4.78 is 0. The molecule has 112 valence electrons. The van der Waals surface area contributed by atoms with E-state index in [0.717, 1.165) is 31.7 Å². The zero-order valence-corrected chi connectivity index (χ0v) is 12.8. The second kappa shape index (κ2) is 5.90. The fraction of sp³-hybridized carbons (Fsp3) is 0.471. The third kappa shape index (κ3) is 2.95.